The summed E-state index contributed by atoms with van der Waals surface area (Å²) in [6, 6.07) is 6.51. The Hall–Kier alpha value is -1.52. The summed E-state index contributed by atoms with van der Waals surface area (Å²) >= 11 is 0. The Morgan fingerprint density at radius 3 is 2.38 bits per heavy atom. The van der Waals surface area contributed by atoms with Gasteiger partial charge in [0.15, 0.2) is 11.4 Å². The standard InChI is InChI=1S/C12H10O4/c13-7-5-11(15)9-4-2-1-3-8(9)10(14)12(11,16)6-7/h1-4,15-16H,5-6H2. The zero-order valence-corrected chi connectivity index (χ0v) is 8.43. The van der Waals surface area contributed by atoms with Crippen molar-refractivity contribution in [3.8, 4) is 0 Å². The van der Waals surface area contributed by atoms with E-state index in [9.17, 15) is 19.8 Å². The van der Waals surface area contributed by atoms with Gasteiger partial charge in [-0.25, -0.2) is 0 Å². The first-order valence-corrected chi connectivity index (χ1v) is 5.10. The first kappa shape index (κ1) is 9.69. The highest BCUT2D eigenvalue weighted by molar-refractivity contribution is 6.13. The van der Waals surface area contributed by atoms with E-state index in [1.54, 1.807) is 24.3 Å². The van der Waals surface area contributed by atoms with E-state index in [2.05, 4.69) is 0 Å². The van der Waals surface area contributed by atoms with Crippen LogP contribution in [0.3, 0.4) is 0 Å². The highest BCUT2D eigenvalue weighted by atomic mass is 16.4. The van der Waals surface area contributed by atoms with Crippen LogP contribution >= 0.6 is 0 Å². The van der Waals surface area contributed by atoms with Gasteiger partial charge in [0.2, 0.25) is 0 Å². The van der Waals surface area contributed by atoms with Crippen LogP contribution in [0.1, 0.15) is 28.8 Å². The number of fused-ring (bicyclic) bond motifs is 3. The molecule has 2 aliphatic rings. The summed E-state index contributed by atoms with van der Waals surface area (Å²) in [5, 5.41) is 20.6. The third-order valence-corrected chi connectivity index (χ3v) is 3.58. The second-order valence-electron chi connectivity index (χ2n) is 4.49. The molecule has 82 valence electrons. The molecular weight excluding hydrogens is 208 g/mol. The van der Waals surface area contributed by atoms with E-state index in [4.69, 9.17) is 0 Å². The molecule has 4 nitrogen and oxygen atoms in total. The molecule has 1 aromatic carbocycles. The lowest BCUT2D eigenvalue weighted by Gasteiger charge is -2.29. The fraction of sp³-hybridized carbons (Fsp3) is 0.333. The number of hydrogen-bond acceptors (Lipinski definition) is 4. The van der Waals surface area contributed by atoms with Gasteiger partial charge in [-0.15, -0.1) is 0 Å². The smallest absolute Gasteiger partial charge is 0.198 e. The summed E-state index contributed by atoms with van der Waals surface area (Å²) in [4.78, 5) is 23.3. The van der Waals surface area contributed by atoms with Crippen LogP contribution in [0.25, 0.3) is 0 Å². The van der Waals surface area contributed by atoms with E-state index in [1.165, 1.54) is 0 Å². The first-order valence-electron chi connectivity index (χ1n) is 5.10. The number of rotatable bonds is 0. The molecule has 4 heteroatoms. The minimum Gasteiger partial charge on any atom is -0.381 e. The number of ketones is 2. The fourth-order valence-electron chi connectivity index (χ4n) is 2.78. The Balaban J connectivity index is 2.32. The molecule has 0 spiro atoms. The van der Waals surface area contributed by atoms with Crippen molar-refractivity contribution in [3.05, 3.63) is 35.4 Å². The summed E-state index contributed by atoms with van der Waals surface area (Å²) in [6.45, 7) is 0. The van der Waals surface area contributed by atoms with Crippen LogP contribution in [0.5, 0.6) is 0 Å². The van der Waals surface area contributed by atoms with Crippen LogP contribution in [-0.4, -0.2) is 27.4 Å². The van der Waals surface area contributed by atoms with Crippen molar-refractivity contribution in [2.45, 2.75) is 24.0 Å². The van der Waals surface area contributed by atoms with Gasteiger partial charge in [0, 0.05) is 18.4 Å². The Kier molecular flexibility index (Phi) is 1.57. The Bertz CT molecular complexity index is 522. The maximum absolute atomic E-state index is 12.0. The van der Waals surface area contributed by atoms with Crippen LogP contribution in [-0.2, 0) is 10.4 Å². The van der Waals surface area contributed by atoms with Gasteiger partial charge in [-0.1, -0.05) is 24.3 Å². The van der Waals surface area contributed by atoms with Crippen molar-refractivity contribution in [2.75, 3.05) is 0 Å². The molecule has 0 bridgehead atoms. The molecule has 1 fully saturated rings. The molecule has 0 aromatic heterocycles. The SMILES string of the molecule is O=C1CC2(O)C(=O)c3ccccc3C2(O)C1. The molecule has 3 rings (SSSR count). The van der Waals surface area contributed by atoms with Crippen LogP contribution in [0.2, 0.25) is 0 Å². The summed E-state index contributed by atoms with van der Waals surface area (Å²) in [5.74, 6) is -0.829. The second-order valence-corrected chi connectivity index (χ2v) is 4.49. The predicted molar refractivity (Wildman–Crippen MR) is 53.9 cm³/mol. The third-order valence-electron chi connectivity index (χ3n) is 3.58. The topological polar surface area (TPSA) is 74.6 Å². The van der Waals surface area contributed by atoms with Gasteiger partial charge in [-0.05, 0) is 5.56 Å². The average molecular weight is 218 g/mol. The number of hydrogen-bond donors (Lipinski definition) is 2. The maximum Gasteiger partial charge on any atom is 0.198 e. The van der Waals surface area contributed by atoms with E-state index in [0.717, 1.165) is 0 Å². The summed E-state index contributed by atoms with van der Waals surface area (Å²) in [7, 11) is 0. The van der Waals surface area contributed by atoms with Crippen molar-refractivity contribution in [3.63, 3.8) is 0 Å². The number of Topliss-reactive ketones (excluding diaryl/α,β-unsaturated/α-hetero) is 2. The van der Waals surface area contributed by atoms with E-state index in [1.807, 2.05) is 0 Å². The van der Waals surface area contributed by atoms with Crippen molar-refractivity contribution in [1.29, 1.82) is 0 Å². The summed E-state index contributed by atoms with van der Waals surface area (Å²) in [6.07, 6.45) is -0.483. The van der Waals surface area contributed by atoms with Crippen molar-refractivity contribution < 1.29 is 19.8 Å². The van der Waals surface area contributed by atoms with E-state index >= 15 is 0 Å². The number of carbonyl (C=O) groups is 2. The molecule has 0 heterocycles. The molecule has 1 aromatic rings. The highest BCUT2D eigenvalue weighted by Gasteiger charge is 2.67. The Labute approximate surface area is 91.5 Å². The molecule has 2 N–H and O–H groups in total. The highest BCUT2D eigenvalue weighted by Crippen LogP contribution is 2.52. The molecule has 16 heavy (non-hydrogen) atoms. The van der Waals surface area contributed by atoms with Crippen molar-refractivity contribution in [2.24, 2.45) is 0 Å². The minimum absolute atomic E-state index is 0.188. The monoisotopic (exact) mass is 218 g/mol. The summed E-state index contributed by atoms with van der Waals surface area (Å²) < 4.78 is 0. The van der Waals surface area contributed by atoms with Crippen molar-refractivity contribution in [1.82, 2.24) is 0 Å². The number of benzene rings is 1. The van der Waals surface area contributed by atoms with E-state index in [0.29, 0.717) is 11.1 Å². The van der Waals surface area contributed by atoms with Gasteiger partial charge >= 0.3 is 0 Å². The molecule has 2 aliphatic carbocycles. The molecule has 0 saturated heterocycles. The molecule has 2 atom stereocenters. The van der Waals surface area contributed by atoms with Gasteiger partial charge in [0.25, 0.3) is 0 Å². The molecule has 2 unspecified atom stereocenters. The second kappa shape index (κ2) is 2.59. The number of carbonyl (C=O) groups excluding carboxylic acids is 2. The molecule has 0 amide bonds. The third kappa shape index (κ3) is 0.831. The zero-order valence-electron chi connectivity index (χ0n) is 8.43. The number of aliphatic hydroxyl groups is 2. The Morgan fingerprint density at radius 2 is 1.62 bits per heavy atom. The lowest BCUT2D eigenvalue weighted by molar-refractivity contribution is -0.119. The normalized spacial score (nSPS) is 36.4. The average Bonchev–Trinajstić information content (AvgIpc) is 2.57. The fourth-order valence-corrected chi connectivity index (χ4v) is 2.78. The quantitative estimate of drug-likeness (QED) is 0.650. The zero-order chi connectivity index (χ0) is 11.6. The van der Waals surface area contributed by atoms with Gasteiger partial charge in [-0.3, -0.25) is 9.59 Å². The maximum atomic E-state index is 12.0. The van der Waals surface area contributed by atoms with Crippen LogP contribution < -0.4 is 0 Å². The summed E-state index contributed by atoms with van der Waals surface area (Å²) in [5.41, 5.74) is -2.99. The van der Waals surface area contributed by atoms with Gasteiger partial charge in [0.05, 0.1) is 0 Å². The lowest BCUT2D eigenvalue weighted by Crippen LogP contribution is -2.47. The predicted octanol–water partition coefficient (Wildman–Crippen LogP) is 0.165. The largest absolute Gasteiger partial charge is 0.381 e. The molecular formula is C12H10O4. The van der Waals surface area contributed by atoms with Crippen molar-refractivity contribution >= 4 is 11.6 Å². The van der Waals surface area contributed by atoms with E-state index < -0.39 is 17.0 Å². The molecule has 0 radical (unpaired) electrons. The molecule has 0 aliphatic heterocycles. The Morgan fingerprint density at radius 1 is 1.00 bits per heavy atom. The van der Waals surface area contributed by atoms with Crippen LogP contribution in [0.15, 0.2) is 24.3 Å². The van der Waals surface area contributed by atoms with Crippen LogP contribution in [0, 0.1) is 0 Å². The van der Waals surface area contributed by atoms with Crippen LogP contribution in [0.4, 0.5) is 0 Å². The lowest BCUT2D eigenvalue weighted by atomic mass is 9.86. The van der Waals surface area contributed by atoms with E-state index in [-0.39, 0.29) is 18.6 Å². The first-order chi connectivity index (χ1) is 7.49. The minimum atomic E-state index is -1.95. The van der Waals surface area contributed by atoms with Gasteiger partial charge in [0.1, 0.15) is 11.4 Å². The molecule has 1 saturated carbocycles. The van der Waals surface area contributed by atoms with Gasteiger partial charge < -0.3 is 10.2 Å². The van der Waals surface area contributed by atoms with Gasteiger partial charge in [-0.2, -0.15) is 0 Å².